The molecule has 0 aromatic heterocycles. The largest absolute Gasteiger partial charge is 0.491 e. The van der Waals surface area contributed by atoms with Crippen LogP contribution in [0.5, 0.6) is 11.5 Å². The zero-order valence-corrected chi connectivity index (χ0v) is 12.5. The van der Waals surface area contributed by atoms with Gasteiger partial charge in [0, 0.05) is 11.6 Å². The van der Waals surface area contributed by atoms with E-state index < -0.39 is 17.7 Å². The molecule has 0 saturated heterocycles. The molecule has 0 aliphatic carbocycles. The smallest absolute Gasteiger partial charge is 0.165 e. The summed E-state index contributed by atoms with van der Waals surface area (Å²) in [5, 5.41) is 9.78. The quantitative estimate of drug-likeness (QED) is 0.796. The van der Waals surface area contributed by atoms with Crippen LogP contribution in [-0.2, 0) is 0 Å². The van der Waals surface area contributed by atoms with Crippen molar-refractivity contribution in [3.63, 3.8) is 0 Å². The topological polar surface area (TPSA) is 55.8 Å². The van der Waals surface area contributed by atoms with Gasteiger partial charge in [-0.1, -0.05) is 12.1 Å². The lowest BCUT2D eigenvalue weighted by Crippen LogP contribution is -2.25. The summed E-state index contributed by atoms with van der Waals surface area (Å²) in [4.78, 5) is 11.3. The predicted molar refractivity (Wildman–Crippen MR) is 79.8 cm³/mol. The fraction of sp³-hybridized carbons (Fsp3) is 0.235. The average molecular weight is 322 g/mol. The van der Waals surface area contributed by atoms with Gasteiger partial charge in [0.25, 0.3) is 0 Å². The van der Waals surface area contributed by atoms with E-state index in [-0.39, 0.29) is 24.7 Å². The summed E-state index contributed by atoms with van der Waals surface area (Å²) >= 11 is 0. The number of carbonyl (C=O) groups is 1. The van der Waals surface area contributed by atoms with Crippen molar-refractivity contribution in [1.29, 1.82) is 0 Å². The lowest BCUT2D eigenvalue weighted by molar-refractivity contribution is 0.0611. The van der Waals surface area contributed by atoms with E-state index in [9.17, 15) is 18.7 Å². The fourth-order valence-corrected chi connectivity index (χ4v) is 1.82. The minimum atomic E-state index is -1.04. The van der Waals surface area contributed by atoms with Crippen LogP contribution in [0.15, 0.2) is 42.5 Å². The molecule has 2 aromatic carbocycles. The van der Waals surface area contributed by atoms with Crippen LogP contribution in [0.4, 0.5) is 8.78 Å². The first-order chi connectivity index (χ1) is 11.0. The van der Waals surface area contributed by atoms with Crippen LogP contribution >= 0.6 is 0 Å². The molecule has 2 rings (SSSR count). The monoisotopic (exact) mass is 322 g/mol. The van der Waals surface area contributed by atoms with Gasteiger partial charge in [0.2, 0.25) is 0 Å². The number of hydrogen-bond acceptors (Lipinski definition) is 4. The van der Waals surface area contributed by atoms with Crippen LogP contribution in [0.2, 0.25) is 0 Å². The number of aliphatic hydroxyl groups is 1. The Labute approximate surface area is 132 Å². The third kappa shape index (κ3) is 5.03. The van der Waals surface area contributed by atoms with Gasteiger partial charge in [-0.25, -0.2) is 8.78 Å². The lowest BCUT2D eigenvalue weighted by Gasteiger charge is -2.14. The number of ketones is 1. The molecule has 2 aromatic rings. The van der Waals surface area contributed by atoms with Gasteiger partial charge in [0.05, 0.1) is 0 Å². The Morgan fingerprint density at radius 2 is 1.87 bits per heavy atom. The summed E-state index contributed by atoms with van der Waals surface area (Å²) in [6.07, 6.45) is -1.04. The summed E-state index contributed by atoms with van der Waals surface area (Å²) in [5.74, 6) is -1.29. The van der Waals surface area contributed by atoms with Gasteiger partial charge in [-0.2, -0.15) is 0 Å². The van der Waals surface area contributed by atoms with Gasteiger partial charge in [0.1, 0.15) is 30.9 Å². The molecule has 122 valence electrons. The number of benzene rings is 2. The molecule has 0 heterocycles. The first-order valence-electron chi connectivity index (χ1n) is 6.95. The minimum Gasteiger partial charge on any atom is -0.491 e. The van der Waals surface area contributed by atoms with Gasteiger partial charge >= 0.3 is 0 Å². The standard InChI is InChI=1S/C17H16F2O4/c1-11(20)12-3-2-4-15(7-12)22-9-14(21)10-23-17-8-13(18)5-6-16(17)19/h2-8,14,21H,9-10H2,1H3. The van der Waals surface area contributed by atoms with E-state index in [0.29, 0.717) is 11.3 Å². The minimum absolute atomic E-state index is 0.0964. The molecule has 0 radical (unpaired) electrons. The highest BCUT2D eigenvalue weighted by molar-refractivity contribution is 5.94. The molecule has 4 nitrogen and oxygen atoms in total. The second kappa shape index (κ2) is 7.69. The highest BCUT2D eigenvalue weighted by Crippen LogP contribution is 2.18. The van der Waals surface area contributed by atoms with Gasteiger partial charge < -0.3 is 14.6 Å². The first-order valence-corrected chi connectivity index (χ1v) is 6.95. The average Bonchev–Trinajstić information content (AvgIpc) is 2.54. The first kappa shape index (κ1) is 16.9. The zero-order chi connectivity index (χ0) is 16.8. The van der Waals surface area contributed by atoms with Crippen molar-refractivity contribution in [2.75, 3.05) is 13.2 Å². The third-order valence-corrected chi connectivity index (χ3v) is 3.01. The van der Waals surface area contributed by atoms with Crippen molar-refractivity contribution in [2.45, 2.75) is 13.0 Å². The van der Waals surface area contributed by atoms with Crippen LogP contribution in [0.1, 0.15) is 17.3 Å². The predicted octanol–water partition coefficient (Wildman–Crippen LogP) is 2.99. The molecular formula is C17H16F2O4. The van der Waals surface area contributed by atoms with Crippen molar-refractivity contribution in [1.82, 2.24) is 0 Å². The summed E-state index contributed by atoms with van der Waals surface area (Å²) in [6.45, 7) is 1.07. The number of halogens is 2. The van der Waals surface area contributed by atoms with E-state index >= 15 is 0 Å². The molecule has 6 heteroatoms. The molecule has 0 spiro atoms. The molecule has 1 atom stereocenters. The number of carbonyl (C=O) groups excluding carboxylic acids is 1. The maximum absolute atomic E-state index is 13.4. The van der Waals surface area contributed by atoms with Crippen LogP contribution in [0.25, 0.3) is 0 Å². The Balaban J connectivity index is 1.85. The zero-order valence-electron chi connectivity index (χ0n) is 12.5. The van der Waals surface area contributed by atoms with E-state index in [1.54, 1.807) is 24.3 Å². The fourth-order valence-electron chi connectivity index (χ4n) is 1.82. The molecule has 0 amide bonds. The molecule has 0 bridgehead atoms. The summed E-state index contributed by atoms with van der Waals surface area (Å²) in [6, 6.07) is 9.34. The Bertz CT molecular complexity index is 688. The van der Waals surface area contributed by atoms with Gasteiger partial charge in [-0.15, -0.1) is 0 Å². The van der Waals surface area contributed by atoms with Crippen LogP contribution in [0.3, 0.4) is 0 Å². The lowest BCUT2D eigenvalue weighted by atomic mass is 10.1. The molecule has 0 saturated carbocycles. The highest BCUT2D eigenvalue weighted by Gasteiger charge is 2.11. The summed E-state index contributed by atoms with van der Waals surface area (Å²) < 4.78 is 36.7. The van der Waals surface area contributed by atoms with Crippen molar-refractivity contribution in [3.8, 4) is 11.5 Å². The molecule has 0 aliphatic rings. The van der Waals surface area contributed by atoms with Gasteiger partial charge in [-0.3, -0.25) is 4.79 Å². The number of aliphatic hydroxyl groups excluding tert-OH is 1. The number of hydrogen-bond donors (Lipinski definition) is 1. The van der Waals surface area contributed by atoms with Gasteiger partial charge in [0.15, 0.2) is 17.3 Å². The van der Waals surface area contributed by atoms with Crippen LogP contribution in [0, 0.1) is 11.6 Å². The number of rotatable bonds is 7. The van der Waals surface area contributed by atoms with E-state index in [2.05, 4.69) is 0 Å². The Kier molecular flexibility index (Phi) is 5.65. The Morgan fingerprint density at radius 1 is 1.13 bits per heavy atom. The maximum atomic E-state index is 13.4. The van der Waals surface area contributed by atoms with Crippen molar-refractivity contribution in [3.05, 3.63) is 59.7 Å². The summed E-state index contributed by atoms with van der Waals surface area (Å²) in [5.41, 5.74) is 0.495. The molecule has 0 fully saturated rings. The molecule has 23 heavy (non-hydrogen) atoms. The van der Waals surface area contributed by atoms with Crippen LogP contribution in [-0.4, -0.2) is 30.2 Å². The number of Topliss-reactive ketones (excluding diaryl/α,β-unsaturated/α-hetero) is 1. The van der Waals surface area contributed by atoms with Gasteiger partial charge in [-0.05, 0) is 31.2 Å². The second-order valence-corrected chi connectivity index (χ2v) is 4.93. The van der Waals surface area contributed by atoms with E-state index in [1.807, 2.05) is 0 Å². The second-order valence-electron chi connectivity index (χ2n) is 4.93. The van der Waals surface area contributed by atoms with E-state index in [1.165, 1.54) is 6.92 Å². The maximum Gasteiger partial charge on any atom is 0.165 e. The Morgan fingerprint density at radius 3 is 2.61 bits per heavy atom. The summed E-state index contributed by atoms with van der Waals surface area (Å²) in [7, 11) is 0. The highest BCUT2D eigenvalue weighted by atomic mass is 19.1. The SMILES string of the molecule is CC(=O)c1cccc(OCC(O)COc2cc(F)ccc2F)c1. The molecule has 0 aliphatic heterocycles. The van der Waals surface area contributed by atoms with Crippen molar-refractivity contribution >= 4 is 5.78 Å². The van der Waals surface area contributed by atoms with Crippen molar-refractivity contribution < 1.29 is 28.2 Å². The van der Waals surface area contributed by atoms with E-state index in [4.69, 9.17) is 9.47 Å². The van der Waals surface area contributed by atoms with E-state index in [0.717, 1.165) is 18.2 Å². The molecular weight excluding hydrogens is 306 g/mol. The van der Waals surface area contributed by atoms with Crippen molar-refractivity contribution in [2.24, 2.45) is 0 Å². The Hall–Kier alpha value is -2.47. The molecule has 1 unspecified atom stereocenters. The molecule has 1 N–H and O–H groups in total. The van der Waals surface area contributed by atoms with Crippen LogP contribution < -0.4 is 9.47 Å². The third-order valence-electron chi connectivity index (χ3n) is 3.01. The normalized spacial score (nSPS) is 11.8. The number of ether oxygens (including phenoxy) is 2.